The molecule has 0 saturated carbocycles. The Morgan fingerprint density at radius 1 is 1.20 bits per heavy atom. The maximum absolute atomic E-state index is 13.4. The number of rotatable bonds is 3. The molecule has 0 atom stereocenters. The fourth-order valence-corrected chi connectivity index (χ4v) is 4.63. The van der Waals surface area contributed by atoms with E-state index in [-0.39, 0.29) is 18.1 Å². The Morgan fingerprint density at radius 3 is 2.96 bits per heavy atom. The van der Waals surface area contributed by atoms with Gasteiger partial charge in [0.2, 0.25) is 5.91 Å². The van der Waals surface area contributed by atoms with Gasteiger partial charge in [0.25, 0.3) is 0 Å². The molecule has 2 aromatic carbocycles. The van der Waals surface area contributed by atoms with Gasteiger partial charge in [0.1, 0.15) is 10.8 Å². The monoisotopic (exact) mass is 370 g/mol. The van der Waals surface area contributed by atoms with Crippen LogP contribution in [0.3, 0.4) is 0 Å². The van der Waals surface area contributed by atoms with Crippen LogP contribution >= 0.6 is 23.1 Å². The van der Waals surface area contributed by atoms with Crippen LogP contribution in [-0.2, 0) is 11.2 Å². The van der Waals surface area contributed by atoms with Crippen molar-refractivity contribution in [3.05, 3.63) is 65.4 Å². The van der Waals surface area contributed by atoms with E-state index < -0.39 is 0 Å². The van der Waals surface area contributed by atoms with Gasteiger partial charge in [-0.1, -0.05) is 24.3 Å². The zero-order valence-corrected chi connectivity index (χ0v) is 14.9. The van der Waals surface area contributed by atoms with Crippen LogP contribution < -0.4 is 4.90 Å². The number of fused-ring (bicyclic) bond motifs is 1. The van der Waals surface area contributed by atoms with Crippen molar-refractivity contribution >= 4 is 34.7 Å². The second-order valence-electron chi connectivity index (χ2n) is 5.69. The van der Waals surface area contributed by atoms with Crippen LogP contribution in [0.4, 0.5) is 10.1 Å². The summed E-state index contributed by atoms with van der Waals surface area (Å²) in [6.45, 7) is 0.710. The number of anilines is 1. The number of nitrogens with zero attached hydrogens (tertiary/aromatic N) is 2. The maximum atomic E-state index is 13.4. The van der Waals surface area contributed by atoms with E-state index in [9.17, 15) is 9.18 Å². The third-order valence-corrected chi connectivity index (χ3v) is 5.97. The lowest BCUT2D eigenvalue weighted by atomic mass is 10.2. The van der Waals surface area contributed by atoms with Crippen LogP contribution in [0.15, 0.2) is 58.8 Å². The van der Waals surface area contributed by atoms with Crippen molar-refractivity contribution < 1.29 is 9.18 Å². The number of amides is 1. The van der Waals surface area contributed by atoms with E-state index in [0.29, 0.717) is 6.54 Å². The molecule has 25 heavy (non-hydrogen) atoms. The molecule has 0 aliphatic carbocycles. The van der Waals surface area contributed by atoms with Gasteiger partial charge in [-0.2, -0.15) is 0 Å². The number of carbonyl (C=O) groups is 1. The van der Waals surface area contributed by atoms with E-state index in [2.05, 4.69) is 4.98 Å². The molecule has 3 aromatic rings. The zero-order chi connectivity index (χ0) is 17.2. The highest BCUT2D eigenvalue weighted by Gasteiger charge is 2.23. The number of aromatic nitrogens is 1. The van der Waals surface area contributed by atoms with Crippen molar-refractivity contribution in [3.63, 3.8) is 0 Å². The van der Waals surface area contributed by atoms with Gasteiger partial charge in [-0.05, 0) is 24.3 Å². The van der Waals surface area contributed by atoms with Gasteiger partial charge >= 0.3 is 0 Å². The summed E-state index contributed by atoms with van der Waals surface area (Å²) in [6, 6.07) is 14.3. The molecule has 1 aromatic heterocycles. The van der Waals surface area contributed by atoms with Crippen LogP contribution in [0, 0.1) is 5.82 Å². The fourth-order valence-electron chi connectivity index (χ4n) is 2.82. The van der Waals surface area contributed by atoms with Gasteiger partial charge in [-0.25, -0.2) is 9.37 Å². The minimum absolute atomic E-state index is 0.0452. The number of benzene rings is 2. The molecule has 0 bridgehead atoms. The minimum Gasteiger partial charge on any atom is -0.310 e. The summed E-state index contributed by atoms with van der Waals surface area (Å²) in [5, 5.41) is 2.61. The van der Waals surface area contributed by atoms with Gasteiger partial charge in [0.05, 0.1) is 17.8 Å². The first-order valence-corrected chi connectivity index (χ1v) is 9.80. The standard InChI is InChI=1S/C19H15FN2OS2/c20-14-5-3-4-13(10-14)19-21-15(12-25-19)11-18(23)22-8-9-24-17-7-2-1-6-16(17)22/h1-7,10,12H,8-9,11H2. The molecule has 1 aliphatic heterocycles. The van der Waals surface area contributed by atoms with Gasteiger partial charge in [-0.3, -0.25) is 4.79 Å². The number of para-hydroxylation sites is 1. The van der Waals surface area contributed by atoms with Crippen LogP contribution in [0.2, 0.25) is 0 Å². The molecule has 6 heteroatoms. The second kappa shape index (κ2) is 6.98. The molecule has 0 radical (unpaired) electrons. The van der Waals surface area contributed by atoms with Gasteiger partial charge in [0, 0.05) is 28.1 Å². The smallest absolute Gasteiger partial charge is 0.233 e. The predicted octanol–water partition coefficient (Wildman–Crippen LogP) is 4.63. The Balaban J connectivity index is 1.53. The highest BCUT2D eigenvalue weighted by molar-refractivity contribution is 7.99. The number of hydrogen-bond acceptors (Lipinski definition) is 4. The van der Waals surface area contributed by atoms with Crippen molar-refractivity contribution in [2.45, 2.75) is 11.3 Å². The molecule has 0 unspecified atom stereocenters. The van der Waals surface area contributed by atoms with Crippen molar-refractivity contribution in [2.75, 3.05) is 17.2 Å². The molecule has 3 nitrogen and oxygen atoms in total. The Kier molecular flexibility index (Phi) is 4.55. The van der Waals surface area contributed by atoms with Gasteiger partial charge in [-0.15, -0.1) is 23.1 Å². The first kappa shape index (κ1) is 16.3. The summed E-state index contributed by atoms with van der Waals surface area (Å²) >= 11 is 3.21. The van der Waals surface area contributed by atoms with E-state index >= 15 is 0 Å². The topological polar surface area (TPSA) is 33.2 Å². The average Bonchev–Trinajstić information content (AvgIpc) is 3.10. The lowest BCUT2D eigenvalue weighted by Crippen LogP contribution is -2.36. The third-order valence-electron chi connectivity index (χ3n) is 3.99. The summed E-state index contributed by atoms with van der Waals surface area (Å²) < 4.78 is 13.4. The molecular formula is C19H15FN2OS2. The Morgan fingerprint density at radius 2 is 2.08 bits per heavy atom. The molecule has 0 fully saturated rings. The van der Waals surface area contributed by atoms with Crippen molar-refractivity contribution in [1.82, 2.24) is 4.98 Å². The maximum Gasteiger partial charge on any atom is 0.233 e. The van der Waals surface area contributed by atoms with E-state index in [1.165, 1.54) is 23.5 Å². The number of halogens is 1. The molecule has 1 amide bonds. The molecule has 4 rings (SSSR count). The van der Waals surface area contributed by atoms with E-state index in [0.717, 1.165) is 32.6 Å². The summed E-state index contributed by atoms with van der Waals surface area (Å²) in [4.78, 5) is 20.2. The molecular weight excluding hydrogens is 355 g/mol. The summed E-state index contributed by atoms with van der Waals surface area (Å²) in [6.07, 6.45) is 0.255. The highest BCUT2D eigenvalue weighted by Crippen LogP contribution is 2.34. The van der Waals surface area contributed by atoms with Crippen molar-refractivity contribution in [1.29, 1.82) is 0 Å². The number of thioether (sulfide) groups is 1. The predicted molar refractivity (Wildman–Crippen MR) is 101 cm³/mol. The zero-order valence-electron chi connectivity index (χ0n) is 13.3. The molecule has 126 valence electrons. The van der Waals surface area contributed by atoms with Crippen LogP contribution in [0.1, 0.15) is 5.69 Å². The summed E-state index contributed by atoms with van der Waals surface area (Å²) in [5.74, 6) is 0.658. The van der Waals surface area contributed by atoms with Crippen LogP contribution in [-0.4, -0.2) is 23.2 Å². The van der Waals surface area contributed by atoms with Crippen molar-refractivity contribution in [2.24, 2.45) is 0 Å². The molecule has 0 spiro atoms. The largest absolute Gasteiger partial charge is 0.310 e. The quantitative estimate of drug-likeness (QED) is 0.674. The molecule has 1 aliphatic rings. The first-order valence-electron chi connectivity index (χ1n) is 7.93. The number of hydrogen-bond donors (Lipinski definition) is 0. The van der Waals surface area contributed by atoms with Crippen LogP contribution in [0.5, 0.6) is 0 Å². The summed E-state index contributed by atoms with van der Waals surface area (Å²) in [5.41, 5.74) is 2.44. The molecule has 2 heterocycles. The minimum atomic E-state index is -0.284. The number of carbonyl (C=O) groups excluding carboxylic acids is 1. The average molecular weight is 370 g/mol. The van der Waals surface area contributed by atoms with E-state index in [4.69, 9.17) is 0 Å². The lowest BCUT2D eigenvalue weighted by molar-refractivity contribution is -0.118. The lowest BCUT2D eigenvalue weighted by Gasteiger charge is -2.28. The van der Waals surface area contributed by atoms with E-state index in [1.54, 1.807) is 17.8 Å². The fraction of sp³-hybridized carbons (Fsp3) is 0.158. The molecule has 0 saturated heterocycles. The first-order chi connectivity index (χ1) is 12.2. The normalized spacial score (nSPS) is 13.6. The Bertz CT molecular complexity index is 925. The van der Waals surface area contributed by atoms with Crippen molar-refractivity contribution in [3.8, 4) is 10.6 Å². The van der Waals surface area contributed by atoms with Crippen LogP contribution in [0.25, 0.3) is 10.6 Å². The Hall–Kier alpha value is -2.18. The highest BCUT2D eigenvalue weighted by atomic mass is 32.2. The van der Waals surface area contributed by atoms with E-state index in [1.807, 2.05) is 40.6 Å². The third kappa shape index (κ3) is 3.45. The molecule has 0 N–H and O–H groups in total. The summed E-state index contributed by atoms with van der Waals surface area (Å²) in [7, 11) is 0. The Labute approximate surface area is 153 Å². The van der Waals surface area contributed by atoms with Gasteiger partial charge < -0.3 is 4.90 Å². The number of thiazole rings is 1. The SMILES string of the molecule is O=C(Cc1csc(-c2cccc(F)c2)n1)N1CCSc2ccccc21. The second-order valence-corrected chi connectivity index (χ2v) is 7.69. The van der Waals surface area contributed by atoms with Gasteiger partial charge in [0.15, 0.2) is 0 Å².